The van der Waals surface area contributed by atoms with E-state index in [-0.39, 0.29) is 36.4 Å². The third-order valence-corrected chi connectivity index (χ3v) is 5.06. The topological polar surface area (TPSA) is 86.5 Å². The van der Waals surface area contributed by atoms with Crippen molar-refractivity contribution in [2.24, 2.45) is 0 Å². The Hall–Kier alpha value is -1.48. The molecule has 24 heavy (non-hydrogen) atoms. The second-order valence-corrected chi connectivity index (χ2v) is 6.53. The molecule has 0 aliphatic carbocycles. The molecule has 0 amide bonds. The lowest BCUT2D eigenvalue weighted by Crippen LogP contribution is -2.20. The number of fused-ring (bicyclic) bond motifs is 1. The number of aromatic nitrogens is 4. The molecule has 0 bridgehead atoms. The van der Waals surface area contributed by atoms with E-state index < -0.39 is 6.17 Å². The molecule has 0 aromatic carbocycles. The summed E-state index contributed by atoms with van der Waals surface area (Å²) in [5, 5.41) is 9.93. The van der Waals surface area contributed by atoms with Gasteiger partial charge >= 0.3 is 0 Å². The number of nitrogens with zero attached hydrogens (tertiary/aromatic N) is 2. The van der Waals surface area contributed by atoms with Gasteiger partial charge in [0.1, 0.15) is 16.7 Å². The summed E-state index contributed by atoms with van der Waals surface area (Å²) in [6.07, 6.45) is 1.19. The average molecular weight is 392 g/mol. The van der Waals surface area contributed by atoms with Gasteiger partial charge in [-0.25, -0.2) is 9.37 Å². The van der Waals surface area contributed by atoms with Crippen LogP contribution in [0.1, 0.15) is 24.0 Å². The van der Waals surface area contributed by atoms with E-state index in [1.807, 2.05) is 13.0 Å². The number of rotatable bonds is 2. The van der Waals surface area contributed by atoms with Gasteiger partial charge in [0.05, 0.1) is 17.8 Å². The maximum absolute atomic E-state index is 13.3. The monoisotopic (exact) mass is 391 g/mol. The minimum absolute atomic E-state index is 0. The van der Waals surface area contributed by atoms with Crippen molar-refractivity contribution in [1.82, 2.24) is 25.5 Å². The van der Waals surface area contributed by atoms with Crippen molar-refractivity contribution in [2.45, 2.75) is 25.6 Å². The molecule has 1 saturated heterocycles. The van der Waals surface area contributed by atoms with Crippen molar-refractivity contribution >= 4 is 46.4 Å². The fraction of sp³-hybridized carbons (Fsp3) is 0.357. The zero-order valence-corrected chi connectivity index (χ0v) is 15.1. The van der Waals surface area contributed by atoms with E-state index in [9.17, 15) is 9.18 Å². The Kier molecular flexibility index (Phi) is 5.64. The largest absolute Gasteiger partial charge is 0.308 e. The maximum Gasteiger partial charge on any atom is 0.268 e. The summed E-state index contributed by atoms with van der Waals surface area (Å²) >= 11 is 1.39. The van der Waals surface area contributed by atoms with Gasteiger partial charge in [-0.05, 0) is 13.0 Å². The van der Waals surface area contributed by atoms with Gasteiger partial charge in [-0.15, -0.1) is 36.2 Å². The highest BCUT2D eigenvalue weighted by atomic mass is 35.5. The van der Waals surface area contributed by atoms with Crippen LogP contribution in [0.15, 0.2) is 17.1 Å². The lowest BCUT2D eigenvalue weighted by molar-refractivity contribution is 0.355. The highest BCUT2D eigenvalue weighted by Crippen LogP contribution is 2.32. The standard InChI is InChI=1S/C14H14FN5OS.2ClH/c1-6-8(5-17-20-6)11-3-9-12(22-11)14(21)19-13(18-9)10-2-7(15)4-16-10;;/h3,5,7,10,16H,2,4H2,1H3,(H,17,20)(H,18,19,21);2*1H/t7-,10+;;/m1../s1. The van der Waals surface area contributed by atoms with E-state index in [4.69, 9.17) is 0 Å². The SMILES string of the molecule is Cc1[nH]ncc1-c1cc2nc([C@@H]3C[C@@H](F)CN3)[nH]c(=O)c2s1.Cl.Cl. The smallest absolute Gasteiger partial charge is 0.268 e. The maximum atomic E-state index is 13.3. The van der Waals surface area contributed by atoms with Crippen LogP contribution in [0, 0.1) is 6.92 Å². The van der Waals surface area contributed by atoms with Crippen LogP contribution in [0.4, 0.5) is 4.39 Å². The van der Waals surface area contributed by atoms with Crippen molar-refractivity contribution in [3.05, 3.63) is 34.1 Å². The predicted molar refractivity (Wildman–Crippen MR) is 97.3 cm³/mol. The van der Waals surface area contributed by atoms with Crippen LogP contribution in [0.2, 0.25) is 0 Å². The second kappa shape index (κ2) is 7.18. The molecular formula is C14H16Cl2FN5OS. The van der Waals surface area contributed by atoms with E-state index in [2.05, 4.69) is 25.5 Å². The highest BCUT2D eigenvalue weighted by molar-refractivity contribution is 7.22. The molecule has 3 aromatic heterocycles. The van der Waals surface area contributed by atoms with Crippen LogP contribution >= 0.6 is 36.2 Å². The minimum atomic E-state index is -0.891. The van der Waals surface area contributed by atoms with Crippen molar-refractivity contribution in [3.63, 3.8) is 0 Å². The second-order valence-electron chi connectivity index (χ2n) is 5.48. The predicted octanol–water partition coefficient (Wildman–Crippen LogP) is 2.90. The summed E-state index contributed by atoms with van der Waals surface area (Å²) in [5.41, 5.74) is 2.37. The molecule has 6 nitrogen and oxygen atoms in total. The van der Waals surface area contributed by atoms with E-state index in [1.165, 1.54) is 11.3 Å². The third-order valence-electron chi connectivity index (χ3n) is 3.90. The molecule has 4 rings (SSSR count). The number of aromatic amines is 2. The molecule has 130 valence electrons. The van der Waals surface area contributed by atoms with Crippen LogP contribution in [0.25, 0.3) is 20.7 Å². The first kappa shape index (κ1) is 18.9. The van der Waals surface area contributed by atoms with Gasteiger partial charge in [-0.2, -0.15) is 5.10 Å². The number of thiophene rings is 1. The molecule has 3 aromatic rings. The number of nitrogens with one attached hydrogen (secondary N) is 3. The zero-order valence-electron chi connectivity index (χ0n) is 12.6. The van der Waals surface area contributed by atoms with Crippen LogP contribution < -0.4 is 10.9 Å². The van der Waals surface area contributed by atoms with E-state index in [1.54, 1.807) is 6.20 Å². The summed E-state index contributed by atoms with van der Waals surface area (Å²) in [5.74, 6) is 0.505. The van der Waals surface area contributed by atoms with Crippen molar-refractivity contribution in [3.8, 4) is 10.4 Å². The van der Waals surface area contributed by atoms with Crippen molar-refractivity contribution in [1.29, 1.82) is 0 Å². The Morgan fingerprint density at radius 1 is 1.38 bits per heavy atom. The summed E-state index contributed by atoms with van der Waals surface area (Å²) in [4.78, 5) is 20.5. The summed E-state index contributed by atoms with van der Waals surface area (Å²) in [7, 11) is 0. The molecule has 2 atom stereocenters. The van der Waals surface area contributed by atoms with Gasteiger partial charge in [-0.3, -0.25) is 9.89 Å². The first-order valence-electron chi connectivity index (χ1n) is 7.03. The molecule has 1 fully saturated rings. The van der Waals surface area contributed by atoms with Gasteiger partial charge in [0.2, 0.25) is 0 Å². The average Bonchev–Trinajstić information content (AvgIpc) is 3.17. The highest BCUT2D eigenvalue weighted by Gasteiger charge is 2.27. The number of hydrogen-bond donors (Lipinski definition) is 3. The molecule has 1 aliphatic heterocycles. The fourth-order valence-electron chi connectivity index (χ4n) is 2.76. The number of halogens is 3. The Morgan fingerprint density at radius 2 is 2.17 bits per heavy atom. The summed E-state index contributed by atoms with van der Waals surface area (Å²) in [6, 6.07) is 1.66. The summed E-state index contributed by atoms with van der Waals surface area (Å²) < 4.78 is 13.9. The van der Waals surface area contributed by atoms with Crippen LogP contribution in [0.3, 0.4) is 0 Å². The minimum Gasteiger partial charge on any atom is -0.308 e. The van der Waals surface area contributed by atoms with E-state index in [0.29, 0.717) is 29.0 Å². The Bertz CT molecular complexity index is 908. The van der Waals surface area contributed by atoms with E-state index in [0.717, 1.165) is 16.1 Å². The number of hydrogen-bond acceptors (Lipinski definition) is 5. The molecular weight excluding hydrogens is 376 g/mol. The molecule has 0 spiro atoms. The molecule has 0 saturated carbocycles. The quantitative estimate of drug-likeness (QED) is 0.626. The number of H-pyrrole nitrogens is 2. The lowest BCUT2D eigenvalue weighted by Gasteiger charge is -2.08. The molecule has 0 unspecified atom stereocenters. The fourth-order valence-corrected chi connectivity index (χ4v) is 3.81. The molecule has 3 N–H and O–H groups in total. The number of aryl methyl sites for hydroxylation is 1. The number of alkyl halides is 1. The van der Waals surface area contributed by atoms with Gasteiger partial charge in [-0.1, -0.05) is 0 Å². The van der Waals surface area contributed by atoms with Crippen LogP contribution in [0.5, 0.6) is 0 Å². The first-order chi connectivity index (χ1) is 10.6. The van der Waals surface area contributed by atoms with Crippen molar-refractivity contribution < 1.29 is 4.39 Å². The molecule has 0 radical (unpaired) electrons. The Balaban J connectivity index is 0.00000104. The van der Waals surface area contributed by atoms with Gasteiger partial charge in [0.15, 0.2) is 0 Å². The van der Waals surface area contributed by atoms with Gasteiger partial charge in [0.25, 0.3) is 5.56 Å². The van der Waals surface area contributed by atoms with Crippen LogP contribution in [-0.4, -0.2) is 32.9 Å². The van der Waals surface area contributed by atoms with Crippen LogP contribution in [-0.2, 0) is 0 Å². The van der Waals surface area contributed by atoms with E-state index >= 15 is 0 Å². The zero-order chi connectivity index (χ0) is 15.3. The lowest BCUT2D eigenvalue weighted by atomic mass is 10.2. The Labute approximate surface area is 153 Å². The summed E-state index contributed by atoms with van der Waals surface area (Å²) in [6.45, 7) is 2.23. The first-order valence-corrected chi connectivity index (χ1v) is 7.85. The molecule has 4 heterocycles. The Morgan fingerprint density at radius 3 is 2.79 bits per heavy atom. The molecule has 10 heteroatoms. The third kappa shape index (κ3) is 3.19. The normalized spacial score (nSPS) is 19.9. The molecule has 1 aliphatic rings. The van der Waals surface area contributed by atoms with Gasteiger partial charge < -0.3 is 10.3 Å². The van der Waals surface area contributed by atoms with Crippen molar-refractivity contribution in [2.75, 3.05) is 6.54 Å². The van der Waals surface area contributed by atoms with Gasteiger partial charge in [0, 0.05) is 29.1 Å².